The van der Waals surface area contributed by atoms with Gasteiger partial charge in [0, 0.05) is 12.0 Å². The van der Waals surface area contributed by atoms with Crippen molar-refractivity contribution in [2.45, 2.75) is 31.4 Å². The highest BCUT2D eigenvalue weighted by Gasteiger charge is 2.37. The average molecular weight is 364 g/mol. The summed E-state index contributed by atoms with van der Waals surface area (Å²) in [4.78, 5) is 28.5. The summed E-state index contributed by atoms with van der Waals surface area (Å²) in [6.07, 6.45) is 1.71. The van der Waals surface area contributed by atoms with Crippen molar-refractivity contribution in [1.29, 1.82) is 0 Å². The first kappa shape index (κ1) is 17.5. The minimum absolute atomic E-state index is 0.102. The number of hydrogen-bond acceptors (Lipinski definition) is 5. The number of ether oxygens (including phenoxy) is 1. The van der Waals surface area contributed by atoms with Gasteiger partial charge >= 0.3 is 5.97 Å². The SMILES string of the molecule is CC(NC(=O)c1csc(C2CCCO2)n1)(C(=O)O)c1ccc(F)cc1. The topological polar surface area (TPSA) is 88.5 Å². The second kappa shape index (κ2) is 6.89. The lowest BCUT2D eigenvalue weighted by Gasteiger charge is -2.26. The largest absolute Gasteiger partial charge is 0.479 e. The third kappa shape index (κ3) is 3.54. The van der Waals surface area contributed by atoms with Crippen LogP contribution in [0.25, 0.3) is 0 Å². The number of thiazole rings is 1. The molecule has 0 radical (unpaired) electrons. The molecule has 1 aromatic carbocycles. The zero-order chi connectivity index (χ0) is 18.0. The van der Waals surface area contributed by atoms with Crippen LogP contribution in [0.5, 0.6) is 0 Å². The minimum Gasteiger partial charge on any atom is -0.479 e. The molecule has 1 fully saturated rings. The average Bonchev–Trinajstić information content (AvgIpc) is 3.26. The van der Waals surface area contributed by atoms with Crippen molar-refractivity contribution < 1.29 is 23.8 Å². The normalized spacial score (nSPS) is 19.4. The smallest absolute Gasteiger partial charge is 0.333 e. The molecule has 0 aliphatic carbocycles. The van der Waals surface area contributed by atoms with Crippen LogP contribution in [-0.2, 0) is 15.1 Å². The van der Waals surface area contributed by atoms with E-state index in [1.807, 2.05) is 0 Å². The van der Waals surface area contributed by atoms with Crippen molar-refractivity contribution in [3.05, 3.63) is 51.7 Å². The fourth-order valence-electron chi connectivity index (χ4n) is 2.64. The maximum absolute atomic E-state index is 13.1. The molecule has 1 saturated heterocycles. The molecule has 6 nitrogen and oxygen atoms in total. The second-order valence-electron chi connectivity index (χ2n) is 5.96. The maximum atomic E-state index is 13.1. The van der Waals surface area contributed by atoms with Crippen LogP contribution in [0.3, 0.4) is 0 Å². The summed E-state index contributed by atoms with van der Waals surface area (Å²) in [5.74, 6) is -2.33. The summed E-state index contributed by atoms with van der Waals surface area (Å²) in [5, 5.41) is 14.4. The van der Waals surface area contributed by atoms with Crippen molar-refractivity contribution in [2.75, 3.05) is 6.61 Å². The van der Waals surface area contributed by atoms with Crippen LogP contribution in [0.2, 0.25) is 0 Å². The summed E-state index contributed by atoms with van der Waals surface area (Å²) >= 11 is 1.31. The Hall–Kier alpha value is -2.32. The maximum Gasteiger partial charge on any atom is 0.333 e. The summed E-state index contributed by atoms with van der Waals surface area (Å²) in [6, 6.07) is 4.98. The Morgan fingerprint density at radius 1 is 1.40 bits per heavy atom. The third-order valence-corrected chi connectivity index (χ3v) is 5.11. The molecule has 0 saturated carbocycles. The molecule has 2 unspecified atom stereocenters. The van der Waals surface area contributed by atoms with E-state index in [0.717, 1.165) is 25.0 Å². The molecule has 8 heteroatoms. The molecule has 1 aromatic heterocycles. The van der Waals surface area contributed by atoms with Gasteiger partial charge in [-0.05, 0) is 37.5 Å². The molecule has 2 heterocycles. The highest BCUT2D eigenvalue weighted by Crippen LogP contribution is 2.31. The Balaban J connectivity index is 1.81. The summed E-state index contributed by atoms with van der Waals surface area (Å²) in [7, 11) is 0. The van der Waals surface area contributed by atoms with Gasteiger partial charge in [-0.3, -0.25) is 4.79 Å². The number of rotatable bonds is 5. The first-order valence-electron chi connectivity index (χ1n) is 7.79. The first-order chi connectivity index (χ1) is 11.9. The van der Waals surface area contributed by atoms with Gasteiger partial charge in [0.2, 0.25) is 0 Å². The van der Waals surface area contributed by atoms with E-state index in [2.05, 4.69) is 10.3 Å². The number of carbonyl (C=O) groups excluding carboxylic acids is 1. The van der Waals surface area contributed by atoms with Gasteiger partial charge in [0.05, 0.1) is 0 Å². The molecule has 0 spiro atoms. The van der Waals surface area contributed by atoms with Gasteiger partial charge in [-0.25, -0.2) is 14.2 Å². The zero-order valence-corrected chi connectivity index (χ0v) is 14.3. The number of aliphatic carboxylic acids is 1. The van der Waals surface area contributed by atoms with Crippen molar-refractivity contribution in [2.24, 2.45) is 0 Å². The molecule has 2 aromatic rings. The summed E-state index contributed by atoms with van der Waals surface area (Å²) in [5.41, 5.74) is -1.28. The van der Waals surface area contributed by atoms with E-state index in [9.17, 15) is 19.1 Å². The number of hydrogen-bond donors (Lipinski definition) is 2. The quantitative estimate of drug-likeness (QED) is 0.852. The van der Waals surface area contributed by atoms with Gasteiger partial charge in [0.15, 0.2) is 5.54 Å². The Morgan fingerprint density at radius 2 is 2.12 bits per heavy atom. The van der Waals surface area contributed by atoms with E-state index in [4.69, 9.17) is 4.74 Å². The van der Waals surface area contributed by atoms with Gasteiger partial charge in [-0.1, -0.05) is 12.1 Å². The Morgan fingerprint density at radius 3 is 2.72 bits per heavy atom. The standard InChI is InChI=1S/C17H17FN2O4S/c1-17(16(22)23,10-4-6-11(18)7-5-10)20-14(21)12-9-25-15(19-12)13-3-2-8-24-13/h4-7,9,13H,2-3,8H2,1H3,(H,20,21)(H,22,23). The highest BCUT2D eigenvalue weighted by atomic mass is 32.1. The number of halogens is 1. The number of carboxylic acids is 1. The lowest BCUT2D eigenvalue weighted by Crippen LogP contribution is -2.49. The predicted octanol–water partition coefficient (Wildman–Crippen LogP) is 2.86. The van der Waals surface area contributed by atoms with Crippen LogP contribution in [-0.4, -0.2) is 28.6 Å². The van der Waals surface area contributed by atoms with E-state index in [1.165, 1.54) is 30.4 Å². The van der Waals surface area contributed by atoms with Crippen LogP contribution < -0.4 is 5.32 Å². The number of nitrogens with zero attached hydrogens (tertiary/aromatic N) is 1. The van der Waals surface area contributed by atoms with Crippen molar-refractivity contribution in [1.82, 2.24) is 10.3 Å². The minimum atomic E-state index is -1.70. The van der Waals surface area contributed by atoms with Gasteiger partial charge in [-0.15, -0.1) is 11.3 Å². The number of aromatic nitrogens is 1. The first-order valence-corrected chi connectivity index (χ1v) is 8.67. The van der Waals surface area contributed by atoms with E-state index in [-0.39, 0.29) is 17.4 Å². The van der Waals surface area contributed by atoms with Gasteiger partial charge in [0.25, 0.3) is 5.91 Å². The number of amides is 1. The molecular formula is C17H17FN2O4S. The molecule has 1 aliphatic heterocycles. The molecule has 0 bridgehead atoms. The van der Waals surface area contributed by atoms with Crippen molar-refractivity contribution in [3.8, 4) is 0 Å². The van der Waals surface area contributed by atoms with Crippen LogP contribution in [0.15, 0.2) is 29.6 Å². The lowest BCUT2D eigenvalue weighted by molar-refractivity contribution is -0.144. The molecule has 2 atom stereocenters. The van der Waals surface area contributed by atoms with E-state index < -0.39 is 23.2 Å². The monoisotopic (exact) mass is 364 g/mol. The number of nitrogens with one attached hydrogen (secondary N) is 1. The number of carboxylic acid groups (broad SMARTS) is 1. The molecule has 132 valence electrons. The fourth-order valence-corrected chi connectivity index (χ4v) is 3.52. The molecule has 25 heavy (non-hydrogen) atoms. The van der Waals surface area contributed by atoms with E-state index in [0.29, 0.717) is 11.6 Å². The van der Waals surface area contributed by atoms with Crippen LogP contribution in [0, 0.1) is 5.82 Å². The Bertz CT molecular complexity index is 786. The molecule has 2 N–H and O–H groups in total. The molecule has 1 amide bonds. The van der Waals surface area contributed by atoms with Crippen LogP contribution in [0.1, 0.15) is 46.9 Å². The van der Waals surface area contributed by atoms with Crippen molar-refractivity contribution >= 4 is 23.2 Å². The summed E-state index contributed by atoms with van der Waals surface area (Å²) in [6.45, 7) is 2.03. The van der Waals surface area contributed by atoms with Gasteiger partial charge in [0.1, 0.15) is 22.6 Å². The molecule has 1 aliphatic rings. The summed E-state index contributed by atoms with van der Waals surface area (Å²) < 4.78 is 18.6. The highest BCUT2D eigenvalue weighted by molar-refractivity contribution is 7.09. The second-order valence-corrected chi connectivity index (χ2v) is 6.85. The predicted molar refractivity (Wildman–Crippen MR) is 88.9 cm³/mol. The van der Waals surface area contributed by atoms with E-state index in [1.54, 1.807) is 5.38 Å². The van der Waals surface area contributed by atoms with Crippen LogP contribution in [0.4, 0.5) is 4.39 Å². The van der Waals surface area contributed by atoms with Crippen molar-refractivity contribution in [3.63, 3.8) is 0 Å². The number of benzene rings is 1. The molecular weight excluding hydrogens is 347 g/mol. The van der Waals surface area contributed by atoms with E-state index >= 15 is 0 Å². The van der Waals surface area contributed by atoms with Crippen LogP contribution >= 0.6 is 11.3 Å². The lowest BCUT2D eigenvalue weighted by atomic mass is 9.92. The Kier molecular flexibility index (Phi) is 4.82. The number of carbonyl (C=O) groups is 2. The fraction of sp³-hybridized carbons (Fsp3) is 0.353. The third-order valence-electron chi connectivity index (χ3n) is 4.17. The zero-order valence-electron chi connectivity index (χ0n) is 13.5. The van der Waals surface area contributed by atoms with Gasteiger partial charge < -0.3 is 15.2 Å². The van der Waals surface area contributed by atoms with Gasteiger partial charge in [-0.2, -0.15) is 0 Å². The Labute approximate surface area is 147 Å². The molecule has 3 rings (SSSR count).